The molecule has 4 nitrogen and oxygen atoms in total. The summed E-state index contributed by atoms with van der Waals surface area (Å²) in [5.41, 5.74) is 4.18. The Morgan fingerprint density at radius 2 is 2.05 bits per heavy atom. The van der Waals surface area contributed by atoms with Crippen LogP contribution in [0.2, 0.25) is 0 Å². The average Bonchev–Trinajstić information content (AvgIpc) is 2.84. The summed E-state index contributed by atoms with van der Waals surface area (Å²) in [6, 6.07) is 11.4. The van der Waals surface area contributed by atoms with Gasteiger partial charge in [0, 0.05) is 11.9 Å². The fourth-order valence-corrected chi connectivity index (χ4v) is 2.34. The summed E-state index contributed by atoms with van der Waals surface area (Å²) in [7, 11) is 0. The Hall–Kier alpha value is -2.38. The Balaban J connectivity index is 2.25. The van der Waals surface area contributed by atoms with E-state index in [4.69, 9.17) is 16.9 Å². The summed E-state index contributed by atoms with van der Waals surface area (Å²) in [4.78, 5) is 8.96. The van der Waals surface area contributed by atoms with Crippen LogP contribution in [0.4, 0.5) is 0 Å². The zero-order valence-electron chi connectivity index (χ0n) is 10.8. The molecule has 0 aliphatic carbocycles. The van der Waals surface area contributed by atoms with E-state index in [0.717, 1.165) is 28.2 Å². The maximum atomic E-state index is 8.86. The molecule has 0 N–H and O–H groups in total. The molecule has 0 amide bonds. The van der Waals surface area contributed by atoms with Crippen LogP contribution in [0.3, 0.4) is 0 Å². The molecule has 2 aromatic heterocycles. The Kier molecular flexibility index (Phi) is 3.13. The van der Waals surface area contributed by atoms with Gasteiger partial charge < -0.3 is 0 Å². The van der Waals surface area contributed by atoms with E-state index in [1.165, 1.54) is 0 Å². The third-order valence-electron chi connectivity index (χ3n) is 3.08. The molecule has 0 atom stereocenters. The molecule has 98 valence electrons. The third kappa shape index (κ3) is 2.02. The van der Waals surface area contributed by atoms with Gasteiger partial charge in [-0.15, -0.1) is 11.6 Å². The molecule has 1 aromatic carbocycles. The van der Waals surface area contributed by atoms with Crippen LogP contribution < -0.4 is 0 Å². The van der Waals surface area contributed by atoms with Gasteiger partial charge >= 0.3 is 0 Å². The van der Waals surface area contributed by atoms with Gasteiger partial charge in [0.05, 0.1) is 17.5 Å². The highest BCUT2D eigenvalue weighted by Gasteiger charge is 2.12. The molecule has 0 saturated carbocycles. The molecule has 5 heteroatoms. The second kappa shape index (κ2) is 4.95. The van der Waals surface area contributed by atoms with Crippen LogP contribution >= 0.6 is 11.6 Å². The van der Waals surface area contributed by atoms with Gasteiger partial charge in [0.15, 0.2) is 5.65 Å². The Morgan fingerprint density at radius 1 is 1.30 bits per heavy atom. The predicted molar refractivity (Wildman–Crippen MR) is 77.9 cm³/mol. The fraction of sp³-hybridized carbons (Fsp3) is 0.133. The van der Waals surface area contributed by atoms with E-state index >= 15 is 0 Å². The van der Waals surface area contributed by atoms with Crippen LogP contribution in [0.1, 0.15) is 17.0 Å². The molecule has 0 aliphatic heterocycles. The van der Waals surface area contributed by atoms with Crippen LogP contribution in [0.25, 0.3) is 16.9 Å². The van der Waals surface area contributed by atoms with Gasteiger partial charge in [-0.2, -0.15) is 5.26 Å². The minimum absolute atomic E-state index is 0.301. The van der Waals surface area contributed by atoms with Gasteiger partial charge in [-0.1, -0.05) is 0 Å². The smallest absolute Gasteiger partial charge is 0.164 e. The van der Waals surface area contributed by atoms with Gasteiger partial charge in [0.2, 0.25) is 0 Å². The second-order valence-corrected chi connectivity index (χ2v) is 4.78. The molecule has 2 heterocycles. The number of alkyl halides is 1. The van der Waals surface area contributed by atoms with Gasteiger partial charge in [-0.3, -0.25) is 4.57 Å². The van der Waals surface area contributed by atoms with Crippen molar-refractivity contribution in [2.45, 2.75) is 12.8 Å². The van der Waals surface area contributed by atoms with E-state index in [0.29, 0.717) is 11.4 Å². The van der Waals surface area contributed by atoms with Crippen molar-refractivity contribution in [2.24, 2.45) is 0 Å². The zero-order chi connectivity index (χ0) is 14.1. The minimum Gasteiger partial charge on any atom is -0.280 e. The summed E-state index contributed by atoms with van der Waals surface area (Å²) in [6.07, 6.45) is 1.81. The number of nitriles is 1. The highest BCUT2D eigenvalue weighted by molar-refractivity contribution is 6.16. The summed E-state index contributed by atoms with van der Waals surface area (Å²) in [6.45, 7) is 1.98. The molecule has 0 bridgehead atoms. The normalized spacial score (nSPS) is 10.7. The number of imidazole rings is 1. The van der Waals surface area contributed by atoms with Crippen molar-refractivity contribution in [1.82, 2.24) is 14.5 Å². The van der Waals surface area contributed by atoms with Crippen molar-refractivity contribution in [3.8, 4) is 11.8 Å². The van der Waals surface area contributed by atoms with Crippen molar-refractivity contribution < 1.29 is 0 Å². The Labute approximate surface area is 121 Å². The summed E-state index contributed by atoms with van der Waals surface area (Å²) in [5.74, 6) is 1.04. The maximum Gasteiger partial charge on any atom is 0.164 e. The first-order valence-electron chi connectivity index (χ1n) is 6.13. The maximum absolute atomic E-state index is 8.86. The van der Waals surface area contributed by atoms with Crippen molar-refractivity contribution in [2.75, 3.05) is 0 Å². The number of halogens is 1. The first kappa shape index (κ1) is 12.6. The van der Waals surface area contributed by atoms with E-state index in [1.807, 2.05) is 35.9 Å². The number of fused-ring (bicyclic) bond motifs is 1. The summed E-state index contributed by atoms with van der Waals surface area (Å²) in [5, 5.41) is 8.86. The van der Waals surface area contributed by atoms with Crippen molar-refractivity contribution in [3.63, 3.8) is 0 Å². The molecule has 0 fully saturated rings. The van der Waals surface area contributed by atoms with Crippen molar-refractivity contribution in [3.05, 3.63) is 53.5 Å². The lowest BCUT2D eigenvalue weighted by atomic mass is 10.2. The second-order valence-electron chi connectivity index (χ2n) is 4.51. The SMILES string of the molecule is Cc1cnc2c(c1)nc(CCl)n2-c1ccc(C#N)cc1. The number of hydrogen-bond acceptors (Lipinski definition) is 3. The van der Waals surface area contributed by atoms with Gasteiger partial charge in [0.1, 0.15) is 11.3 Å². The molecule has 0 saturated heterocycles. The molecule has 0 radical (unpaired) electrons. The van der Waals surface area contributed by atoms with Crippen molar-refractivity contribution >= 4 is 22.8 Å². The Morgan fingerprint density at radius 3 is 2.70 bits per heavy atom. The molecule has 3 rings (SSSR count). The number of aromatic nitrogens is 3. The third-order valence-corrected chi connectivity index (χ3v) is 3.32. The van der Waals surface area contributed by atoms with Crippen LogP contribution in [-0.2, 0) is 5.88 Å². The Bertz CT molecular complexity index is 812. The molecule has 0 spiro atoms. The number of aryl methyl sites for hydroxylation is 1. The highest BCUT2D eigenvalue weighted by atomic mass is 35.5. The van der Waals surface area contributed by atoms with E-state index < -0.39 is 0 Å². The quantitative estimate of drug-likeness (QED) is 0.677. The van der Waals surface area contributed by atoms with E-state index in [2.05, 4.69) is 16.0 Å². The average molecular weight is 283 g/mol. The molecule has 20 heavy (non-hydrogen) atoms. The van der Waals surface area contributed by atoms with Crippen LogP contribution in [0, 0.1) is 18.3 Å². The lowest BCUT2D eigenvalue weighted by molar-refractivity contribution is 0.969. The summed E-state index contributed by atoms with van der Waals surface area (Å²) < 4.78 is 1.92. The van der Waals surface area contributed by atoms with E-state index in [1.54, 1.807) is 12.1 Å². The lowest BCUT2D eigenvalue weighted by Crippen LogP contribution is -2.00. The number of pyridine rings is 1. The first-order chi connectivity index (χ1) is 9.72. The number of rotatable bonds is 2. The number of nitrogens with zero attached hydrogens (tertiary/aromatic N) is 4. The minimum atomic E-state index is 0.301. The van der Waals surface area contributed by atoms with Crippen molar-refractivity contribution in [1.29, 1.82) is 5.26 Å². The first-order valence-corrected chi connectivity index (χ1v) is 6.67. The van der Waals surface area contributed by atoms with Crippen LogP contribution in [-0.4, -0.2) is 14.5 Å². The zero-order valence-corrected chi connectivity index (χ0v) is 11.6. The molecular formula is C15H11ClN4. The van der Waals surface area contributed by atoms with Gasteiger partial charge in [0.25, 0.3) is 0 Å². The largest absolute Gasteiger partial charge is 0.280 e. The molecule has 3 aromatic rings. The highest BCUT2D eigenvalue weighted by Crippen LogP contribution is 2.22. The monoisotopic (exact) mass is 282 g/mol. The van der Waals surface area contributed by atoms with Gasteiger partial charge in [-0.25, -0.2) is 9.97 Å². The van der Waals surface area contributed by atoms with Crippen LogP contribution in [0.15, 0.2) is 36.5 Å². The molecule has 0 aliphatic rings. The summed E-state index contributed by atoms with van der Waals surface area (Å²) >= 11 is 5.99. The number of benzene rings is 1. The van der Waals surface area contributed by atoms with Crippen LogP contribution in [0.5, 0.6) is 0 Å². The van der Waals surface area contributed by atoms with E-state index in [9.17, 15) is 0 Å². The van der Waals surface area contributed by atoms with E-state index in [-0.39, 0.29) is 0 Å². The molecular weight excluding hydrogens is 272 g/mol. The van der Waals surface area contributed by atoms with Gasteiger partial charge in [-0.05, 0) is 42.8 Å². The fourth-order valence-electron chi connectivity index (χ4n) is 2.16. The topological polar surface area (TPSA) is 54.5 Å². The lowest BCUT2D eigenvalue weighted by Gasteiger charge is -2.07. The standard InChI is InChI=1S/C15H11ClN4/c1-10-6-13-15(18-9-10)20(14(7-16)19-13)12-4-2-11(8-17)3-5-12/h2-6,9H,7H2,1H3. The molecule has 0 unspecified atom stereocenters. The predicted octanol–water partition coefficient (Wildman–Crippen LogP) is 3.34. The number of hydrogen-bond donors (Lipinski definition) is 0.